The van der Waals surface area contributed by atoms with Gasteiger partial charge in [0.2, 0.25) is 0 Å². The Bertz CT molecular complexity index is 390. The number of carbonyl (C=O) groups is 1. The Hall–Kier alpha value is -0.940. The van der Waals surface area contributed by atoms with Gasteiger partial charge in [-0.2, -0.15) is 13.2 Å². The van der Waals surface area contributed by atoms with Crippen LogP contribution >= 0.6 is 23.2 Å². The number of carbonyl (C=O) groups excluding carboxylic acids is 1. The van der Waals surface area contributed by atoms with Gasteiger partial charge in [-0.15, -0.1) is 0 Å². The molecule has 0 fully saturated rings. The predicted octanol–water partition coefficient (Wildman–Crippen LogP) is 3.46. The third-order valence-corrected chi connectivity index (χ3v) is 1.86. The number of esters is 1. The molecule has 0 amide bonds. The lowest BCUT2D eigenvalue weighted by molar-refractivity contribution is -0.189. The van der Waals surface area contributed by atoms with Gasteiger partial charge in [-0.25, -0.2) is 4.79 Å². The van der Waals surface area contributed by atoms with Crippen molar-refractivity contribution in [2.24, 2.45) is 0 Å². The van der Waals surface area contributed by atoms with Crippen LogP contribution in [0.2, 0.25) is 10.0 Å². The van der Waals surface area contributed by atoms with E-state index in [4.69, 9.17) is 23.2 Å². The Balaban J connectivity index is 2.87. The first kappa shape index (κ1) is 12.1. The maximum atomic E-state index is 11.8. The van der Waals surface area contributed by atoms with Gasteiger partial charge in [-0.3, -0.25) is 0 Å². The van der Waals surface area contributed by atoms with Crippen LogP contribution in [0.25, 0.3) is 0 Å². The molecule has 15 heavy (non-hydrogen) atoms. The fraction of sp³-hybridized carbons (Fsp3) is 0.125. The Kier molecular flexibility index (Phi) is 3.46. The lowest BCUT2D eigenvalue weighted by atomic mass is 10.3. The standard InChI is InChI=1S/C8H3Cl2F3O2/c9-4-1-2-6(5(10)3-4)15-7(14)8(11,12)13/h1-3H. The molecule has 2 nitrogen and oxygen atoms in total. The summed E-state index contributed by atoms with van der Waals surface area (Å²) in [4.78, 5) is 10.4. The van der Waals surface area contributed by atoms with Crippen LogP contribution in [0.1, 0.15) is 0 Å². The summed E-state index contributed by atoms with van der Waals surface area (Å²) in [5.74, 6) is -2.71. The van der Waals surface area contributed by atoms with Crippen molar-refractivity contribution in [1.29, 1.82) is 0 Å². The summed E-state index contributed by atoms with van der Waals surface area (Å²) in [5.41, 5.74) is 0. The summed E-state index contributed by atoms with van der Waals surface area (Å²) in [6.07, 6.45) is -5.05. The summed E-state index contributed by atoms with van der Waals surface area (Å²) < 4.78 is 39.4. The summed E-state index contributed by atoms with van der Waals surface area (Å²) in [5, 5.41) is 0.0620. The second kappa shape index (κ2) is 4.28. The number of rotatable bonds is 1. The largest absolute Gasteiger partial charge is 0.491 e. The molecule has 0 spiro atoms. The molecule has 0 N–H and O–H groups in total. The van der Waals surface area contributed by atoms with Crippen molar-refractivity contribution in [3.8, 4) is 5.75 Å². The molecular formula is C8H3Cl2F3O2. The normalized spacial score (nSPS) is 11.3. The number of alkyl halides is 3. The molecule has 0 bridgehead atoms. The number of halogens is 5. The molecule has 0 heterocycles. The van der Waals surface area contributed by atoms with E-state index < -0.39 is 12.1 Å². The highest BCUT2D eigenvalue weighted by atomic mass is 35.5. The van der Waals surface area contributed by atoms with E-state index >= 15 is 0 Å². The van der Waals surface area contributed by atoms with E-state index in [1.807, 2.05) is 0 Å². The summed E-state index contributed by atoms with van der Waals surface area (Å²) in [6.45, 7) is 0. The monoisotopic (exact) mass is 258 g/mol. The molecule has 1 aromatic rings. The zero-order valence-corrected chi connectivity index (χ0v) is 8.45. The van der Waals surface area contributed by atoms with Gasteiger partial charge < -0.3 is 4.74 Å². The van der Waals surface area contributed by atoms with E-state index in [0.29, 0.717) is 0 Å². The van der Waals surface area contributed by atoms with Crippen LogP contribution in [0.5, 0.6) is 5.75 Å². The van der Waals surface area contributed by atoms with Crippen molar-refractivity contribution < 1.29 is 22.7 Å². The fourth-order valence-electron chi connectivity index (χ4n) is 0.716. The topological polar surface area (TPSA) is 26.3 Å². The summed E-state index contributed by atoms with van der Waals surface area (Å²) >= 11 is 11.0. The van der Waals surface area contributed by atoms with Crippen LogP contribution in [-0.4, -0.2) is 12.1 Å². The van der Waals surface area contributed by atoms with Gasteiger partial charge >= 0.3 is 12.1 Å². The van der Waals surface area contributed by atoms with E-state index in [1.165, 1.54) is 12.1 Å². The number of hydrogen-bond donors (Lipinski definition) is 0. The van der Waals surface area contributed by atoms with Crippen molar-refractivity contribution in [3.63, 3.8) is 0 Å². The highest BCUT2D eigenvalue weighted by Gasteiger charge is 2.41. The quantitative estimate of drug-likeness (QED) is 0.570. The van der Waals surface area contributed by atoms with Crippen LogP contribution in [0.4, 0.5) is 13.2 Å². The third kappa shape index (κ3) is 3.28. The average Bonchev–Trinajstić information content (AvgIpc) is 2.08. The molecule has 0 atom stereocenters. The summed E-state index contributed by atoms with van der Waals surface area (Å²) in [7, 11) is 0. The molecule has 0 aliphatic carbocycles. The molecule has 0 unspecified atom stereocenters. The Morgan fingerprint density at radius 1 is 1.27 bits per heavy atom. The van der Waals surface area contributed by atoms with Gasteiger partial charge in [0.1, 0.15) is 5.75 Å². The number of benzene rings is 1. The lowest BCUT2D eigenvalue weighted by Gasteiger charge is -2.07. The molecule has 0 aliphatic heterocycles. The van der Waals surface area contributed by atoms with E-state index in [2.05, 4.69) is 4.74 Å². The number of ether oxygens (including phenoxy) is 1. The zero-order valence-electron chi connectivity index (χ0n) is 6.94. The van der Waals surface area contributed by atoms with Gasteiger partial charge in [0.15, 0.2) is 0 Å². The first-order chi connectivity index (χ1) is 6.80. The highest BCUT2D eigenvalue weighted by molar-refractivity contribution is 6.35. The Labute approximate surface area is 92.5 Å². The molecule has 0 aromatic heterocycles. The minimum atomic E-state index is -5.05. The van der Waals surface area contributed by atoms with Gasteiger partial charge in [-0.1, -0.05) is 23.2 Å². The smallest absolute Gasteiger partial charge is 0.418 e. The zero-order chi connectivity index (χ0) is 11.6. The van der Waals surface area contributed by atoms with Crippen molar-refractivity contribution in [1.82, 2.24) is 0 Å². The van der Waals surface area contributed by atoms with Crippen molar-refractivity contribution in [2.45, 2.75) is 6.18 Å². The number of hydrogen-bond acceptors (Lipinski definition) is 2. The van der Waals surface area contributed by atoms with Gasteiger partial charge in [0.05, 0.1) is 5.02 Å². The minimum absolute atomic E-state index is 0.167. The fourth-order valence-corrected chi connectivity index (χ4v) is 1.16. The maximum Gasteiger partial charge on any atom is 0.491 e. The Morgan fingerprint density at radius 3 is 2.33 bits per heavy atom. The van der Waals surface area contributed by atoms with E-state index in [9.17, 15) is 18.0 Å². The van der Waals surface area contributed by atoms with Crippen LogP contribution in [-0.2, 0) is 4.79 Å². The third-order valence-electron chi connectivity index (χ3n) is 1.33. The van der Waals surface area contributed by atoms with Gasteiger partial charge in [0.25, 0.3) is 0 Å². The minimum Gasteiger partial charge on any atom is -0.418 e. The van der Waals surface area contributed by atoms with Crippen LogP contribution in [0, 0.1) is 0 Å². The molecule has 0 radical (unpaired) electrons. The van der Waals surface area contributed by atoms with Crippen molar-refractivity contribution in [2.75, 3.05) is 0 Å². The second-order valence-corrected chi connectivity index (χ2v) is 3.31. The Morgan fingerprint density at radius 2 is 1.87 bits per heavy atom. The molecule has 1 aromatic carbocycles. The summed E-state index contributed by atoms with van der Waals surface area (Å²) in [6, 6.07) is 3.50. The molecule has 7 heteroatoms. The van der Waals surface area contributed by atoms with Crippen LogP contribution in [0.3, 0.4) is 0 Å². The average molecular weight is 259 g/mol. The first-order valence-electron chi connectivity index (χ1n) is 3.55. The molecule has 0 saturated heterocycles. The molecule has 0 aliphatic rings. The van der Waals surface area contributed by atoms with E-state index in [1.54, 1.807) is 0 Å². The molecular weight excluding hydrogens is 256 g/mol. The van der Waals surface area contributed by atoms with Crippen molar-refractivity contribution in [3.05, 3.63) is 28.2 Å². The predicted molar refractivity (Wildman–Crippen MR) is 48.2 cm³/mol. The molecule has 82 valence electrons. The molecule has 1 rings (SSSR count). The lowest BCUT2D eigenvalue weighted by Crippen LogP contribution is -2.28. The molecule has 0 saturated carbocycles. The van der Waals surface area contributed by atoms with Gasteiger partial charge in [-0.05, 0) is 18.2 Å². The SMILES string of the molecule is O=C(Oc1ccc(Cl)cc1Cl)C(F)(F)F. The maximum absolute atomic E-state index is 11.8. The highest BCUT2D eigenvalue weighted by Crippen LogP contribution is 2.29. The van der Waals surface area contributed by atoms with E-state index in [-0.39, 0.29) is 15.8 Å². The first-order valence-corrected chi connectivity index (χ1v) is 4.30. The van der Waals surface area contributed by atoms with Crippen molar-refractivity contribution >= 4 is 29.2 Å². The van der Waals surface area contributed by atoms with Crippen LogP contribution < -0.4 is 4.74 Å². The van der Waals surface area contributed by atoms with Gasteiger partial charge in [0, 0.05) is 5.02 Å². The van der Waals surface area contributed by atoms with E-state index in [0.717, 1.165) is 6.07 Å². The van der Waals surface area contributed by atoms with Crippen LogP contribution in [0.15, 0.2) is 18.2 Å². The second-order valence-electron chi connectivity index (χ2n) is 2.46.